The molecule has 0 spiro atoms. The maximum absolute atomic E-state index is 5.87. The Bertz CT molecular complexity index is 445. The van der Waals surface area contributed by atoms with Crippen LogP contribution in [0.4, 0.5) is 0 Å². The molecule has 1 aromatic carbocycles. The summed E-state index contributed by atoms with van der Waals surface area (Å²) in [4.78, 5) is 0. The Morgan fingerprint density at radius 2 is 2.14 bits per heavy atom. The predicted molar refractivity (Wildman–Crippen MR) is 87.2 cm³/mol. The van der Waals surface area contributed by atoms with E-state index in [2.05, 4.69) is 51.2 Å². The number of nitrogens with one attached hydrogen (secondary N) is 1. The third kappa shape index (κ3) is 5.01. The highest BCUT2D eigenvalue weighted by atomic mass is 16.5. The normalized spacial score (nSPS) is 19.0. The van der Waals surface area contributed by atoms with Gasteiger partial charge in [-0.05, 0) is 42.4 Å². The number of benzene rings is 1. The summed E-state index contributed by atoms with van der Waals surface area (Å²) >= 11 is 0. The molecule has 3 nitrogen and oxygen atoms in total. The molecule has 118 valence electrons. The van der Waals surface area contributed by atoms with Crippen LogP contribution in [0.5, 0.6) is 5.75 Å². The van der Waals surface area contributed by atoms with Crippen LogP contribution in [0.15, 0.2) is 18.2 Å². The van der Waals surface area contributed by atoms with Crippen molar-refractivity contribution in [2.24, 2.45) is 0 Å². The molecule has 0 bridgehead atoms. The molecule has 1 heterocycles. The molecule has 0 saturated carbocycles. The first-order valence-corrected chi connectivity index (χ1v) is 8.03. The van der Waals surface area contributed by atoms with Crippen LogP contribution in [0.25, 0.3) is 0 Å². The third-order valence-corrected chi connectivity index (χ3v) is 3.97. The first-order chi connectivity index (χ1) is 9.97. The molecule has 0 amide bonds. The van der Waals surface area contributed by atoms with E-state index < -0.39 is 0 Å². The van der Waals surface area contributed by atoms with E-state index in [1.165, 1.54) is 24.0 Å². The molecular weight excluding hydrogens is 262 g/mol. The minimum absolute atomic E-state index is 0.187. The average molecular weight is 291 g/mol. The number of aryl methyl sites for hydroxylation is 1. The van der Waals surface area contributed by atoms with Crippen molar-refractivity contribution in [1.82, 2.24) is 5.32 Å². The largest absolute Gasteiger partial charge is 0.492 e. The fraction of sp³-hybridized carbons (Fsp3) is 0.667. The molecule has 1 saturated heterocycles. The molecular formula is C18H29NO2. The summed E-state index contributed by atoms with van der Waals surface area (Å²) in [6, 6.07) is 6.49. The maximum Gasteiger partial charge on any atom is 0.122 e. The summed E-state index contributed by atoms with van der Waals surface area (Å²) in [6.07, 6.45) is 2.78. The first-order valence-electron chi connectivity index (χ1n) is 8.03. The molecule has 1 aliphatic rings. The standard InChI is InChI=1S/C18H29NO2/c1-14-12-15(18(2,3)4)7-8-17(14)21-11-9-19-13-16-6-5-10-20-16/h7-8,12,16,19H,5-6,9-11,13H2,1-4H3. The van der Waals surface area contributed by atoms with E-state index in [-0.39, 0.29) is 5.41 Å². The fourth-order valence-corrected chi connectivity index (χ4v) is 2.58. The SMILES string of the molecule is Cc1cc(C(C)(C)C)ccc1OCCNCC1CCCO1. The Morgan fingerprint density at radius 1 is 1.33 bits per heavy atom. The van der Waals surface area contributed by atoms with Crippen molar-refractivity contribution in [3.63, 3.8) is 0 Å². The van der Waals surface area contributed by atoms with Crippen molar-refractivity contribution in [1.29, 1.82) is 0 Å². The minimum atomic E-state index is 0.187. The average Bonchev–Trinajstić information content (AvgIpc) is 2.92. The smallest absolute Gasteiger partial charge is 0.122 e. The number of hydrogen-bond donors (Lipinski definition) is 1. The molecule has 0 aromatic heterocycles. The molecule has 0 aliphatic carbocycles. The van der Waals surface area contributed by atoms with E-state index >= 15 is 0 Å². The second-order valence-electron chi connectivity index (χ2n) is 6.92. The van der Waals surface area contributed by atoms with Crippen molar-refractivity contribution in [2.45, 2.75) is 52.1 Å². The summed E-state index contributed by atoms with van der Waals surface area (Å²) < 4.78 is 11.4. The van der Waals surface area contributed by atoms with E-state index in [1.54, 1.807) is 0 Å². The van der Waals surface area contributed by atoms with Crippen molar-refractivity contribution in [3.05, 3.63) is 29.3 Å². The zero-order valence-corrected chi connectivity index (χ0v) is 13.9. The summed E-state index contributed by atoms with van der Waals surface area (Å²) in [7, 11) is 0. The zero-order chi connectivity index (χ0) is 15.3. The number of hydrogen-bond acceptors (Lipinski definition) is 3. The molecule has 0 radical (unpaired) electrons. The maximum atomic E-state index is 5.87. The van der Waals surface area contributed by atoms with Gasteiger partial charge in [0.05, 0.1) is 6.10 Å². The van der Waals surface area contributed by atoms with Gasteiger partial charge in [-0.3, -0.25) is 0 Å². The highest BCUT2D eigenvalue weighted by Gasteiger charge is 2.15. The van der Waals surface area contributed by atoms with Gasteiger partial charge in [-0.25, -0.2) is 0 Å². The molecule has 3 heteroatoms. The van der Waals surface area contributed by atoms with Crippen LogP contribution in [0, 0.1) is 6.92 Å². The predicted octanol–water partition coefficient (Wildman–Crippen LogP) is 3.44. The van der Waals surface area contributed by atoms with Gasteiger partial charge in [0.1, 0.15) is 12.4 Å². The van der Waals surface area contributed by atoms with Gasteiger partial charge in [-0.15, -0.1) is 0 Å². The van der Waals surface area contributed by atoms with E-state index in [4.69, 9.17) is 9.47 Å². The van der Waals surface area contributed by atoms with Crippen molar-refractivity contribution in [3.8, 4) is 5.75 Å². The Hall–Kier alpha value is -1.06. The van der Waals surface area contributed by atoms with Crippen molar-refractivity contribution in [2.75, 3.05) is 26.3 Å². The highest BCUT2D eigenvalue weighted by Crippen LogP contribution is 2.27. The summed E-state index contributed by atoms with van der Waals surface area (Å²) in [5.74, 6) is 0.988. The van der Waals surface area contributed by atoms with Gasteiger partial charge in [0, 0.05) is 19.7 Å². The topological polar surface area (TPSA) is 30.5 Å². The zero-order valence-electron chi connectivity index (χ0n) is 13.9. The van der Waals surface area contributed by atoms with Crippen LogP contribution in [0.1, 0.15) is 44.7 Å². The third-order valence-electron chi connectivity index (χ3n) is 3.97. The molecule has 1 atom stereocenters. The van der Waals surface area contributed by atoms with Gasteiger partial charge in [0.2, 0.25) is 0 Å². The van der Waals surface area contributed by atoms with Gasteiger partial charge < -0.3 is 14.8 Å². The fourth-order valence-electron chi connectivity index (χ4n) is 2.58. The lowest BCUT2D eigenvalue weighted by molar-refractivity contribution is 0.109. The molecule has 1 aromatic rings. The number of rotatable bonds is 6. The van der Waals surface area contributed by atoms with E-state index in [9.17, 15) is 0 Å². The monoisotopic (exact) mass is 291 g/mol. The van der Waals surface area contributed by atoms with Crippen molar-refractivity contribution >= 4 is 0 Å². The molecule has 1 fully saturated rings. The highest BCUT2D eigenvalue weighted by molar-refractivity contribution is 5.38. The Labute approximate surface area is 129 Å². The van der Waals surface area contributed by atoms with Gasteiger partial charge in [0.15, 0.2) is 0 Å². The van der Waals surface area contributed by atoms with Crippen LogP contribution in [0.2, 0.25) is 0 Å². The molecule has 1 aliphatic heterocycles. The molecule has 1 unspecified atom stereocenters. The molecule has 2 rings (SSSR count). The van der Waals surface area contributed by atoms with E-state index in [1.807, 2.05) is 0 Å². The summed E-state index contributed by atoms with van der Waals surface area (Å²) in [5, 5.41) is 3.40. The van der Waals surface area contributed by atoms with Crippen molar-refractivity contribution < 1.29 is 9.47 Å². The summed E-state index contributed by atoms with van der Waals surface area (Å²) in [6.45, 7) is 12.2. The lowest BCUT2D eigenvalue weighted by Gasteiger charge is -2.20. The summed E-state index contributed by atoms with van der Waals surface area (Å²) in [5.41, 5.74) is 2.75. The Kier molecular flexibility index (Phi) is 5.65. The van der Waals surface area contributed by atoms with Crippen LogP contribution in [-0.4, -0.2) is 32.4 Å². The van der Waals surface area contributed by atoms with Crippen LogP contribution < -0.4 is 10.1 Å². The second kappa shape index (κ2) is 7.28. The van der Waals surface area contributed by atoms with Crippen LogP contribution in [-0.2, 0) is 10.2 Å². The van der Waals surface area contributed by atoms with Gasteiger partial charge in [-0.1, -0.05) is 32.9 Å². The number of ether oxygens (including phenoxy) is 2. The molecule has 21 heavy (non-hydrogen) atoms. The van der Waals surface area contributed by atoms with Gasteiger partial charge >= 0.3 is 0 Å². The van der Waals surface area contributed by atoms with E-state index in [0.29, 0.717) is 12.7 Å². The lowest BCUT2D eigenvalue weighted by Crippen LogP contribution is -2.29. The Balaban J connectivity index is 1.73. The first kappa shape index (κ1) is 16.3. The lowest BCUT2D eigenvalue weighted by atomic mass is 9.86. The Morgan fingerprint density at radius 3 is 2.76 bits per heavy atom. The second-order valence-corrected chi connectivity index (χ2v) is 6.92. The van der Waals surface area contributed by atoms with E-state index in [0.717, 1.165) is 25.4 Å². The minimum Gasteiger partial charge on any atom is -0.492 e. The molecule has 1 N–H and O–H groups in total. The van der Waals surface area contributed by atoms with Gasteiger partial charge in [0.25, 0.3) is 0 Å². The van der Waals surface area contributed by atoms with Gasteiger partial charge in [-0.2, -0.15) is 0 Å². The quantitative estimate of drug-likeness (QED) is 0.814. The van der Waals surface area contributed by atoms with Crippen LogP contribution in [0.3, 0.4) is 0 Å². The van der Waals surface area contributed by atoms with Crippen LogP contribution >= 0.6 is 0 Å².